The van der Waals surface area contributed by atoms with Crippen molar-refractivity contribution in [2.75, 3.05) is 6.54 Å². The van der Waals surface area contributed by atoms with Gasteiger partial charge in [-0.3, -0.25) is 4.90 Å². The largest absolute Gasteiger partial charge is 0.443 e. The summed E-state index contributed by atoms with van der Waals surface area (Å²) in [5, 5.41) is 10.9. The van der Waals surface area contributed by atoms with Gasteiger partial charge in [0.25, 0.3) is 0 Å². The summed E-state index contributed by atoms with van der Waals surface area (Å²) in [6.07, 6.45) is 16.5. The van der Waals surface area contributed by atoms with Gasteiger partial charge >= 0.3 is 6.09 Å². The van der Waals surface area contributed by atoms with Gasteiger partial charge in [-0.2, -0.15) is 0 Å². The molecular formula is C25H47NO4. The molecule has 2 aliphatic carbocycles. The minimum Gasteiger partial charge on any atom is -0.443 e. The average molecular weight is 426 g/mol. The molecule has 2 rings (SSSR count). The van der Waals surface area contributed by atoms with Gasteiger partial charge in [-0.05, 0) is 57.8 Å². The van der Waals surface area contributed by atoms with E-state index in [-0.39, 0.29) is 11.2 Å². The minimum atomic E-state index is -1.22. The smallest absolute Gasteiger partial charge is 0.414 e. The van der Waals surface area contributed by atoms with Gasteiger partial charge in [0.2, 0.25) is 6.41 Å². The first-order valence-electron chi connectivity index (χ1n) is 12.9. The molecule has 176 valence electrons. The van der Waals surface area contributed by atoms with Crippen LogP contribution in [0.25, 0.3) is 0 Å². The van der Waals surface area contributed by atoms with Crippen LogP contribution in [0.3, 0.4) is 0 Å². The zero-order valence-electron chi connectivity index (χ0n) is 19.9. The molecule has 1 amide bonds. The third kappa shape index (κ3) is 7.40. The topological polar surface area (TPSA) is 59.0 Å². The number of nitrogens with zero attached hydrogens (tertiary/aromatic N) is 1. The summed E-state index contributed by atoms with van der Waals surface area (Å²) in [6, 6.07) is 0. The SMILES string of the molecule is CCCCCCCCCN(C(=O)OC1(CC)CCCC1)[C@H](O)OC1(CC)CCCC1. The number of hydrogen-bond acceptors (Lipinski definition) is 4. The number of rotatable bonds is 14. The number of hydrogen-bond donors (Lipinski definition) is 1. The monoisotopic (exact) mass is 425 g/mol. The molecule has 30 heavy (non-hydrogen) atoms. The van der Waals surface area contributed by atoms with Gasteiger partial charge in [0.05, 0.1) is 5.60 Å². The fraction of sp³-hybridized carbons (Fsp3) is 0.960. The van der Waals surface area contributed by atoms with Gasteiger partial charge in [-0.15, -0.1) is 0 Å². The predicted octanol–water partition coefficient (Wildman–Crippen LogP) is 6.91. The molecule has 2 fully saturated rings. The molecule has 0 bridgehead atoms. The molecule has 0 radical (unpaired) electrons. The van der Waals surface area contributed by atoms with E-state index in [2.05, 4.69) is 20.8 Å². The molecule has 0 aromatic heterocycles. The van der Waals surface area contributed by atoms with E-state index in [0.717, 1.165) is 77.0 Å². The quantitative estimate of drug-likeness (QED) is 0.242. The van der Waals surface area contributed by atoms with Crippen molar-refractivity contribution in [2.45, 2.75) is 148 Å². The van der Waals surface area contributed by atoms with Gasteiger partial charge in [0, 0.05) is 6.54 Å². The number of carbonyl (C=O) groups excluding carboxylic acids is 1. The fourth-order valence-corrected chi connectivity index (χ4v) is 5.18. The maximum Gasteiger partial charge on any atom is 0.414 e. The minimum absolute atomic E-state index is 0.298. The van der Waals surface area contributed by atoms with Gasteiger partial charge in [-0.1, -0.05) is 72.1 Å². The van der Waals surface area contributed by atoms with Gasteiger partial charge in [-0.25, -0.2) is 4.79 Å². The zero-order valence-corrected chi connectivity index (χ0v) is 19.9. The van der Waals surface area contributed by atoms with Crippen molar-refractivity contribution in [1.82, 2.24) is 4.90 Å². The first-order chi connectivity index (χ1) is 14.5. The third-order valence-corrected chi connectivity index (χ3v) is 7.48. The molecular weight excluding hydrogens is 378 g/mol. The molecule has 5 heteroatoms. The van der Waals surface area contributed by atoms with Crippen LogP contribution in [0.5, 0.6) is 0 Å². The predicted molar refractivity (Wildman–Crippen MR) is 121 cm³/mol. The van der Waals surface area contributed by atoms with Crippen LogP contribution in [0.15, 0.2) is 0 Å². The molecule has 1 N–H and O–H groups in total. The standard InChI is InChI=1S/C25H47NO4/c1-4-7-8-9-10-11-16-21-26(22(27)29-24(5-2)17-12-13-18-24)23(28)30-25(6-3)19-14-15-20-25/h22,27H,4-21H2,1-3H3/t22-/m1/s1. The normalized spacial score (nSPS) is 20.9. The van der Waals surface area contributed by atoms with Crippen molar-refractivity contribution < 1.29 is 19.4 Å². The second kappa shape index (κ2) is 12.9. The Kier molecular flexibility index (Phi) is 10.9. The molecule has 0 aliphatic heterocycles. The highest BCUT2D eigenvalue weighted by molar-refractivity contribution is 5.68. The van der Waals surface area contributed by atoms with Crippen molar-refractivity contribution in [3.8, 4) is 0 Å². The molecule has 0 unspecified atom stereocenters. The molecule has 2 aliphatic rings. The molecule has 0 saturated heterocycles. The van der Waals surface area contributed by atoms with Crippen molar-refractivity contribution in [2.24, 2.45) is 0 Å². The summed E-state index contributed by atoms with van der Waals surface area (Å²) >= 11 is 0. The fourth-order valence-electron chi connectivity index (χ4n) is 5.18. The number of ether oxygens (including phenoxy) is 2. The summed E-state index contributed by atoms with van der Waals surface area (Å²) in [7, 11) is 0. The van der Waals surface area contributed by atoms with E-state index in [1.54, 1.807) is 0 Å². The maximum atomic E-state index is 13.1. The van der Waals surface area contributed by atoms with E-state index >= 15 is 0 Å². The van der Waals surface area contributed by atoms with E-state index in [9.17, 15) is 9.90 Å². The van der Waals surface area contributed by atoms with Crippen molar-refractivity contribution in [1.29, 1.82) is 0 Å². The molecule has 0 heterocycles. The summed E-state index contributed by atoms with van der Waals surface area (Å²) < 4.78 is 12.2. The van der Waals surface area contributed by atoms with Crippen molar-refractivity contribution >= 4 is 6.09 Å². The van der Waals surface area contributed by atoms with E-state index in [1.807, 2.05) is 0 Å². The Balaban J connectivity index is 1.95. The van der Waals surface area contributed by atoms with Crippen LogP contribution in [0.2, 0.25) is 0 Å². The Labute approximate surface area is 184 Å². The van der Waals surface area contributed by atoms with E-state index in [4.69, 9.17) is 9.47 Å². The zero-order chi connectivity index (χ0) is 21.9. The first kappa shape index (κ1) is 25.5. The molecule has 2 saturated carbocycles. The van der Waals surface area contributed by atoms with E-state index in [1.165, 1.54) is 37.0 Å². The number of aliphatic hydroxyl groups is 1. The Morgan fingerprint density at radius 3 is 1.87 bits per heavy atom. The molecule has 0 spiro atoms. The number of carbonyl (C=O) groups is 1. The molecule has 5 nitrogen and oxygen atoms in total. The van der Waals surface area contributed by atoms with Crippen LogP contribution in [-0.4, -0.2) is 40.3 Å². The van der Waals surface area contributed by atoms with E-state index in [0.29, 0.717) is 6.54 Å². The van der Waals surface area contributed by atoms with Crippen LogP contribution in [0.1, 0.15) is 130 Å². The molecule has 0 aromatic carbocycles. The highest BCUT2D eigenvalue weighted by Crippen LogP contribution is 2.38. The lowest BCUT2D eigenvalue weighted by atomic mass is 9.99. The van der Waals surface area contributed by atoms with Gasteiger partial charge in [0.15, 0.2) is 0 Å². The van der Waals surface area contributed by atoms with Crippen molar-refractivity contribution in [3.05, 3.63) is 0 Å². The van der Waals surface area contributed by atoms with Crippen LogP contribution >= 0.6 is 0 Å². The third-order valence-electron chi connectivity index (χ3n) is 7.48. The Hall–Kier alpha value is -0.810. The second-order valence-electron chi connectivity index (χ2n) is 9.61. The number of unbranched alkanes of at least 4 members (excludes halogenated alkanes) is 6. The Morgan fingerprint density at radius 1 is 0.833 bits per heavy atom. The summed E-state index contributed by atoms with van der Waals surface area (Å²) in [6.45, 7) is 6.93. The second-order valence-corrected chi connectivity index (χ2v) is 9.61. The Bertz CT molecular complexity index is 484. The maximum absolute atomic E-state index is 13.1. The number of amides is 1. The average Bonchev–Trinajstić information content (AvgIpc) is 3.40. The molecule has 1 atom stereocenters. The molecule has 0 aromatic rings. The van der Waals surface area contributed by atoms with E-state index < -0.39 is 12.5 Å². The van der Waals surface area contributed by atoms with Crippen LogP contribution < -0.4 is 0 Å². The van der Waals surface area contributed by atoms with Crippen molar-refractivity contribution in [3.63, 3.8) is 0 Å². The van der Waals surface area contributed by atoms with Crippen LogP contribution in [0, 0.1) is 0 Å². The lowest BCUT2D eigenvalue weighted by molar-refractivity contribution is -0.244. The summed E-state index contributed by atoms with van der Waals surface area (Å²) in [4.78, 5) is 14.6. The van der Waals surface area contributed by atoms with Crippen LogP contribution in [-0.2, 0) is 9.47 Å². The number of aliphatic hydroxyl groups excluding tert-OH is 1. The lowest BCUT2D eigenvalue weighted by Crippen LogP contribution is -2.49. The first-order valence-corrected chi connectivity index (χ1v) is 12.9. The highest BCUT2D eigenvalue weighted by Gasteiger charge is 2.41. The van der Waals surface area contributed by atoms with Gasteiger partial charge in [0.1, 0.15) is 5.60 Å². The van der Waals surface area contributed by atoms with Gasteiger partial charge < -0.3 is 14.6 Å². The lowest BCUT2D eigenvalue weighted by Gasteiger charge is -2.37. The highest BCUT2D eigenvalue weighted by atomic mass is 16.7. The van der Waals surface area contributed by atoms with Crippen LogP contribution in [0.4, 0.5) is 4.79 Å². The summed E-state index contributed by atoms with van der Waals surface area (Å²) in [5.41, 5.74) is -0.654. The summed E-state index contributed by atoms with van der Waals surface area (Å²) in [5.74, 6) is 0. The Morgan fingerprint density at radius 2 is 1.33 bits per heavy atom.